The first-order valence-electron chi connectivity index (χ1n) is 7.23. The maximum atomic E-state index is 12.4. The Morgan fingerprint density at radius 1 is 1.09 bits per heavy atom. The molecule has 0 heterocycles. The monoisotopic (exact) mass is 302 g/mol. The summed E-state index contributed by atoms with van der Waals surface area (Å²) in [4.78, 5) is 23.8. The van der Waals surface area contributed by atoms with Crippen LogP contribution in [0.4, 0.5) is 5.69 Å². The van der Waals surface area contributed by atoms with E-state index >= 15 is 0 Å². The SMILES string of the molecule is COc1ccc(NC(=O)C2CC(C)=C(C)CC2C(=O)[O-])cc1. The van der Waals surface area contributed by atoms with Crippen LogP contribution in [0.15, 0.2) is 35.4 Å². The Balaban J connectivity index is 2.14. The number of carbonyl (C=O) groups excluding carboxylic acids is 2. The average Bonchev–Trinajstić information content (AvgIpc) is 2.50. The fourth-order valence-electron chi connectivity index (χ4n) is 2.73. The second-order valence-electron chi connectivity index (χ2n) is 5.72. The summed E-state index contributed by atoms with van der Waals surface area (Å²) < 4.78 is 5.06. The van der Waals surface area contributed by atoms with Crippen molar-refractivity contribution in [2.45, 2.75) is 26.7 Å². The molecule has 5 nitrogen and oxygen atoms in total. The quantitative estimate of drug-likeness (QED) is 0.859. The number of carboxylic acids is 1. The van der Waals surface area contributed by atoms with Gasteiger partial charge in [-0.25, -0.2) is 0 Å². The standard InChI is InChI=1S/C17H21NO4/c1-10-8-14(15(17(20)21)9-11(10)2)16(19)18-12-4-6-13(22-3)7-5-12/h4-7,14-15H,8-9H2,1-3H3,(H,18,19)(H,20,21)/p-1. The molecule has 2 atom stereocenters. The van der Waals surface area contributed by atoms with E-state index in [4.69, 9.17) is 4.74 Å². The molecule has 0 fully saturated rings. The molecule has 22 heavy (non-hydrogen) atoms. The van der Waals surface area contributed by atoms with Crippen LogP contribution in [-0.4, -0.2) is 19.0 Å². The minimum atomic E-state index is -1.17. The highest BCUT2D eigenvalue weighted by molar-refractivity contribution is 5.95. The lowest BCUT2D eigenvalue weighted by Crippen LogP contribution is -2.42. The number of methoxy groups -OCH3 is 1. The van der Waals surface area contributed by atoms with Gasteiger partial charge in [-0.15, -0.1) is 0 Å². The van der Waals surface area contributed by atoms with Crippen molar-refractivity contribution in [3.63, 3.8) is 0 Å². The molecule has 0 aromatic heterocycles. The van der Waals surface area contributed by atoms with Crippen molar-refractivity contribution in [2.24, 2.45) is 11.8 Å². The van der Waals surface area contributed by atoms with Crippen molar-refractivity contribution in [1.82, 2.24) is 0 Å². The smallest absolute Gasteiger partial charge is 0.228 e. The molecular formula is C17H20NO4-. The number of anilines is 1. The van der Waals surface area contributed by atoms with Gasteiger partial charge in [-0.2, -0.15) is 0 Å². The van der Waals surface area contributed by atoms with Gasteiger partial charge in [-0.3, -0.25) is 4.79 Å². The average molecular weight is 302 g/mol. The Bertz CT molecular complexity index is 604. The Morgan fingerprint density at radius 2 is 1.64 bits per heavy atom. The number of carboxylic acid groups (broad SMARTS) is 1. The van der Waals surface area contributed by atoms with E-state index < -0.39 is 17.8 Å². The van der Waals surface area contributed by atoms with E-state index in [9.17, 15) is 14.7 Å². The fourth-order valence-corrected chi connectivity index (χ4v) is 2.73. The predicted octanol–water partition coefficient (Wildman–Crippen LogP) is 1.75. The highest BCUT2D eigenvalue weighted by Crippen LogP contribution is 2.34. The van der Waals surface area contributed by atoms with Gasteiger partial charge in [0.25, 0.3) is 0 Å². The van der Waals surface area contributed by atoms with E-state index in [1.165, 1.54) is 0 Å². The van der Waals surface area contributed by atoms with Crippen LogP contribution in [0.3, 0.4) is 0 Å². The lowest BCUT2D eigenvalue weighted by molar-refractivity contribution is -0.313. The van der Waals surface area contributed by atoms with Gasteiger partial charge in [0.15, 0.2) is 0 Å². The number of amides is 1. The first kappa shape index (κ1) is 16.1. The zero-order valence-corrected chi connectivity index (χ0v) is 13.0. The number of hydrogen-bond acceptors (Lipinski definition) is 4. The number of hydrogen-bond donors (Lipinski definition) is 1. The second kappa shape index (κ2) is 6.64. The minimum Gasteiger partial charge on any atom is -0.550 e. The highest BCUT2D eigenvalue weighted by atomic mass is 16.5. The Hall–Kier alpha value is -2.30. The van der Waals surface area contributed by atoms with E-state index in [1.807, 2.05) is 13.8 Å². The summed E-state index contributed by atoms with van der Waals surface area (Å²) in [5.41, 5.74) is 2.72. The molecule has 0 spiro atoms. The zero-order chi connectivity index (χ0) is 16.3. The lowest BCUT2D eigenvalue weighted by atomic mass is 9.76. The fraction of sp³-hybridized carbons (Fsp3) is 0.412. The van der Waals surface area contributed by atoms with E-state index in [0.717, 1.165) is 11.1 Å². The predicted molar refractivity (Wildman–Crippen MR) is 81.2 cm³/mol. The summed E-state index contributed by atoms with van der Waals surface area (Å²) in [6.45, 7) is 3.84. The molecule has 2 rings (SSSR count). The van der Waals surface area contributed by atoms with Gasteiger partial charge >= 0.3 is 0 Å². The van der Waals surface area contributed by atoms with Crippen LogP contribution in [0.5, 0.6) is 5.75 Å². The van der Waals surface area contributed by atoms with Gasteiger partial charge in [-0.05, 0) is 51.0 Å². The van der Waals surface area contributed by atoms with Crippen molar-refractivity contribution in [2.75, 3.05) is 12.4 Å². The summed E-state index contributed by atoms with van der Waals surface area (Å²) in [5, 5.41) is 14.1. The second-order valence-corrected chi connectivity index (χ2v) is 5.72. The van der Waals surface area contributed by atoms with Crippen molar-refractivity contribution in [3.05, 3.63) is 35.4 Å². The van der Waals surface area contributed by atoms with E-state index in [0.29, 0.717) is 24.3 Å². The molecule has 5 heteroatoms. The minimum absolute atomic E-state index is 0.286. The van der Waals surface area contributed by atoms with Crippen LogP contribution >= 0.6 is 0 Å². The molecule has 2 unspecified atom stereocenters. The third kappa shape index (κ3) is 3.47. The maximum absolute atomic E-state index is 12.4. The molecule has 1 aromatic carbocycles. The molecule has 0 saturated carbocycles. The van der Waals surface area contributed by atoms with Crippen LogP contribution in [0, 0.1) is 11.8 Å². The maximum Gasteiger partial charge on any atom is 0.228 e. The van der Waals surface area contributed by atoms with Gasteiger partial charge in [0.1, 0.15) is 5.75 Å². The van der Waals surface area contributed by atoms with Gasteiger partial charge in [0, 0.05) is 17.6 Å². The molecule has 0 radical (unpaired) electrons. The number of nitrogens with one attached hydrogen (secondary N) is 1. The number of rotatable bonds is 4. The molecule has 1 amide bonds. The van der Waals surface area contributed by atoms with E-state index in [1.54, 1.807) is 31.4 Å². The number of allylic oxidation sites excluding steroid dienone is 2. The summed E-state index contributed by atoms with van der Waals surface area (Å²) >= 11 is 0. The van der Waals surface area contributed by atoms with Crippen LogP contribution in [0.2, 0.25) is 0 Å². The van der Waals surface area contributed by atoms with E-state index in [-0.39, 0.29) is 5.91 Å². The van der Waals surface area contributed by atoms with Crippen molar-refractivity contribution in [1.29, 1.82) is 0 Å². The Labute approximate surface area is 130 Å². The van der Waals surface area contributed by atoms with Crippen molar-refractivity contribution in [3.8, 4) is 5.75 Å². The molecule has 1 aliphatic carbocycles. The van der Waals surface area contributed by atoms with Crippen LogP contribution < -0.4 is 15.2 Å². The van der Waals surface area contributed by atoms with Gasteiger partial charge in [0.05, 0.1) is 13.0 Å². The van der Waals surface area contributed by atoms with Gasteiger partial charge < -0.3 is 20.0 Å². The summed E-state index contributed by atoms with van der Waals surface area (Å²) in [7, 11) is 1.57. The summed E-state index contributed by atoms with van der Waals surface area (Å²) in [5.74, 6) is -2.14. The number of ether oxygens (including phenoxy) is 1. The number of carbonyl (C=O) groups is 2. The lowest BCUT2D eigenvalue weighted by Gasteiger charge is -2.32. The van der Waals surface area contributed by atoms with Crippen molar-refractivity contribution < 1.29 is 19.4 Å². The molecule has 1 aliphatic rings. The highest BCUT2D eigenvalue weighted by Gasteiger charge is 2.33. The molecule has 0 saturated heterocycles. The van der Waals surface area contributed by atoms with E-state index in [2.05, 4.69) is 5.32 Å². The molecule has 1 aromatic rings. The molecule has 1 N–H and O–H groups in total. The summed E-state index contributed by atoms with van der Waals surface area (Å²) in [6, 6.07) is 6.92. The van der Waals surface area contributed by atoms with Crippen LogP contribution in [0.1, 0.15) is 26.7 Å². The topological polar surface area (TPSA) is 78.5 Å². The van der Waals surface area contributed by atoms with Gasteiger partial charge in [0.2, 0.25) is 5.91 Å². The normalized spacial score (nSPS) is 21.4. The Kier molecular flexibility index (Phi) is 4.85. The van der Waals surface area contributed by atoms with Gasteiger partial charge in [-0.1, -0.05) is 11.1 Å². The molecular weight excluding hydrogens is 282 g/mol. The molecule has 0 bridgehead atoms. The first-order valence-corrected chi connectivity index (χ1v) is 7.23. The third-order valence-electron chi connectivity index (χ3n) is 4.26. The molecule has 0 aliphatic heterocycles. The molecule has 118 valence electrons. The number of aliphatic carboxylic acids is 1. The Morgan fingerprint density at radius 3 is 2.14 bits per heavy atom. The zero-order valence-electron chi connectivity index (χ0n) is 13.0. The van der Waals surface area contributed by atoms with Crippen LogP contribution in [0.25, 0.3) is 0 Å². The van der Waals surface area contributed by atoms with Crippen LogP contribution in [-0.2, 0) is 9.59 Å². The largest absolute Gasteiger partial charge is 0.550 e. The first-order chi connectivity index (χ1) is 10.4. The van der Waals surface area contributed by atoms with Crippen molar-refractivity contribution >= 4 is 17.6 Å². The number of benzene rings is 1. The summed E-state index contributed by atoms with van der Waals surface area (Å²) in [6.07, 6.45) is 0.821. The third-order valence-corrected chi connectivity index (χ3v) is 4.26.